The number of carbonyl (C=O) groups is 1. The highest BCUT2D eigenvalue weighted by Gasteiger charge is 2.53. The zero-order valence-corrected chi connectivity index (χ0v) is 10.9. The maximum absolute atomic E-state index is 11.3. The summed E-state index contributed by atoms with van der Waals surface area (Å²) in [6, 6.07) is 1.91. The van der Waals surface area contributed by atoms with Crippen LogP contribution in [-0.2, 0) is 23.1 Å². The SMILES string of the molecule is O=C(O)C1(c2cc3c(c(Br)c2O)CCC3)CC1. The first kappa shape index (κ1) is 11.1. The Kier molecular flexibility index (Phi) is 2.27. The standard InChI is InChI=1S/C13H13BrO3/c14-10-8-3-1-2-7(8)6-9(11(10)15)13(4-5-13)12(16)17/h6,15H,1-5H2,(H,16,17). The van der Waals surface area contributed by atoms with Crippen molar-refractivity contribution < 1.29 is 15.0 Å². The number of halogens is 1. The minimum atomic E-state index is -0.829. The first-order valence-electron chi connectivity index (χ1n) is 5.83. The quantitative estimate of drug-likeness (QED) is 0.882. The summed E-state index contributed by atoms with van der Waals surface area (Å²) in [5, 5.41) is 19.5. The third kappa shape index (κ3) is 1.43. The van der Waals surface area contributed by atoms with Crippen molar-refractivity contribution >= 4 is 21.9 Å². The lowest BCUT2D eigenvalue weighted by Crippen LogP contribution is -2.20. The maximum atomic E-state index is 11.3. The second-order valence-corrected chi connectivity index (χ2v) is 5.76. The van der Waals surface area contributed by atoms with Gasteiger partial charge in [0.25, 0.3) is 0 Å². The molecule has 4 heteroatoms. The lowest BCUT2D eigenvalue weighted by Gasteiger charge is -2.16. The number of aliphatic carboxylic acids is 1. The van der Waals surface area contributed by atoms with Crippen molar-refractivity contribution in [3.05, 3.63) is 27.2 Å². The summed E-state index contributed by atoms with van der Waals surface area (Å²) < 4.78 is 0.704. The molecule has 2 N–H and O–H groups in total. The first-order chi connectivity index (χ1) is 8.06. The summed E-state index contributed by atoms with van der Waals surface area (Å²) in [5.41, 5.74) is 2.10. The van der Waals surface area contributed by atoms with Crippen molar-refractivity contribution in [3.63, 3.8) is 0 Å². The Morgan fingerprint density at radius 2 is 2.06 bits per heavy atom. The van der Waals surface area contributed by atoms with Gasteiger partial charge in [-0.05, 0) is 59.2 Å². The van der Waals surface area contributed by atoms with E-state index < -0.39 is 11.4 Å². The number of benzene rings is 1. The van der Waals surface area contributed by atoms with E-state index in [1.807, 2.05) is 6.07 Å². The summed E-state index contributed by atoms with van der Waals surface area (Å²) in [7, 11) is 0. The molecule has 3 rings (SSSR count). The van der Waals surface area contributed by atoms with Crippen LogP contribution in [0.1, 0.15) is 36.0 Å². The van der Waals surface area contributed by atoms with Gasteiger partial charge in [-0.25, -0.2) is 0 Å². The molecule has 0 aromatic heterocycles. The molecular formula is C13H13BrO3. The predicted octanol–water partition coefficient (Wildman–Crippen LogP) is 2.76. The third-order valence-corrected chi connectivity index (χ3v) is 4.84. The highest BCUT2D eigenvalue weighted by atomic mass is 79.9. The van der Waals surface area contributed by atoms with Crippen LogP contribution in [0.25, 0.3) is 0 Å². The highest BCUT2D eigenvalue weighted by Crippen LogP contribution is 2.54. The van der Waals surface area contributed by atoms with E-state index in [0.717, 1.165) is 24.8 Å². The van der Waals surface area contributed by atoms with Crippen molar-refractivity contribution in [2.45, 2.75) is 37.5 Å². The molecule has 0 heterocycles. The molecular weight excluding hydrogens is 284 g/mol. The van der Waals surface area contributed by atoms with E-state index in [-0.39, 0.29) is 5.75 Å². The summed E-state index contributed by atoms with van der Waals surface area (Å²) in [4.78, 5) is 11.3. The zero-order valence-electron chi connectivity index (χ0n) is 9.29. The molecule has 0 saturated heterocycles. The fourth-order valence-corrected chi connectivity index (χ4v) is 3.44. The Morgan fingerprint density at radius 3 is 2.65 bits per heavy atom. The first-order valence-corrected chi connectivity index (χ1v) is 6.62. The van der Waals surface area contributed by atoms with E-state index in [9.17, 15) is 15.0 Å². The molecule has 90 valence electrons. The number of hydrogen-bond acceptors (Lipinski definition) is 2. The molecule has 1 saturated carbocycles. The van der Waals surface area contributed by atoms with E-state index in [1.54, 1.807) is 0 Å². The fraction of sp³-hybridized carbons (Fsp3) is 0.462. The van der Waals surface area contributed by atoms with Crippen LogP contribution in [-0.4, -0.2) is 16.2 Å². The van der Waals surface area contributed by atoms with Gasteiger partial charge in [0.05, 0.1) is 9.89 Å². The predicted molar refractivity (Wildman–Crippen MR) is 66.4 cm³/mol. The molecule has 2 aliphatic rings. The average Bonchev–Trinajstić information content (AvgIpc) is 2.97. The molecule has 1 fully saturated rings. The van der Waals surface area contributed by atoms with Crippen molar-refractivity contribution in [3.8, 4) is 5.75 Å². The lowest BCUT2D eigenvalue weighted by molar-refractivity contribution is -0.140. The van der Waals surface area contributed by atoms with Crippen LogP contribution in [0.3, 0.4) is 0 Å². The Hall–Kier alpha value is -1.03. The van der Waals surface area contributed by atoms with Gasteiger partial charge in [-0.3, -0.25) is 4.79 Å². The topological polar surface area (TPSA) is 57.5 Å². The second kappa shape index (κ2) is 3.48. The Morgan fingerprint density at radius 1 is 1.35 bits per heavy atom. The van der Waals surface area contributed by atoms with Crippen molar-refractivity contribution in [2.24, 2.45) is 0 Å². The smallest absolute Gasteiger partial charge is 0.314 e. The largest absolute Gasteiger partial charge is 0.506 e. The van der Waals surface area contributed by atoms with Crippen LogP contribution in [0, 0.1) is 0 Å². The van der Waals surface area contributed by atoms with Gasteiger partial charge >= 0.3 is 5.97 Å². The minimum absolute atomic E-state index is 0.130. The van der Waals surface area contributed by atoms with Gasteiger partial charge < -0.3 is 10.2 Å². The molecule has 0 spiro atoms. The number of carboxylic acid groups (broad SMARTS) is 1. The van der Waals surface area contributed by atoms with E-state index in [1.165, 1.54) is 5.56 Å². The number of carboxylic acids is 1. The highest BCUT2D eigenvalue weighted by molar-refractivity contribution is 9.10. The van der Waals surface area contributed by atoms with Gasteiger partial charge in [0.2, 0.25) is 0 Å². The molecule has 2 aliphatic carbocycles. The zero-order chi connectivity index (χ0) is 12.2. The van der Waals surface area contributed by atoms with Crippen LogP contribution < -0.4 is 0 Å². The van der Waals surface area contributed by atoms with E-state index in [2.05, 4.69) is 15.9 Å². The monoisotopic (exact) mass is 296 g/mol. The molecule has 1 aromatic carbocycles. The molecule has 0 amide bonds. The number of phenolic OH excluding ortho intramolecular Hbond substituents is 1. The van der Waals surface area contributed by atoms with Gasteiger partial charge in [-0.1, -0.05) is 6.07 Å². The van der Waals surface area contributed by atoms with Gasteiger partial charge in [0.1, 0.15) is 5.75 Å². The molecule has 0 aliphatic heterocycles. The summed E-state index contributed by atoms with van der Waals surface area (Å²) in [6.07, 6.45) is 4.28. The third-order valence-electron chi connectivity index (χ3n) is 3.98. The maximum Gasteiger partial charge on any atom is 0.314 e. The molecule has 0 unspecified atom stereocenters. The average molecular weight is 297 g/mol. The molecule has 0 bridgehead atoms. The van der Waals surface area contributed by atoms with E-state index in [0.29, 0.717) is 22.9 Å². The number of aryl methyl sites for hydroxylation is 1. The number of hydrogen-bond donors (Lipinski definition) is 2. The van der Waals surface area contributed by atoms with Gasteiger partial charge in [0.15, 0.2) is 0 Å². The Labute approximate surface area is 108 Å². The van der Waals surface area contributed by atoms with Gasteiger partial charge in [0, 0.05) is 5.56 Å². The molecule has 3 nitrogen and oxygen atoms in total. The van der Waals surface area contributed by atoms with Crippen molar-refractivity contribution in [1.29, 1.82) is 0 Å². The molecule has 0 atom stereocenters. The number of fused-ring (bicyclic) bond motifs is 1. The summed E-state index contributed by atoms with van der Waals surface area (Å²) in [6.45, 7) is 0. The Bertz CT molecular complexity index is 518. The van der Waals surface area contributed by atoms with Crippen LogP contribution in [0.4, 0.5) is 0 Å². The Balaban J connectivity index is 2.19. The van der Waals surface area contributed by atoms with Crippen molar-refractivity contribution in [2.75, 3.05) is 0 Å². The van der Waals surface area contributed by atoms with Gasteiger partial charge in [-0.2, -0.15) is 0 Å². The van der Waals surface area contributed by atoms with Crippen LogP contribution >= 0.6 is 15.9 Å². The molecule has 17 heavy (non-hydrogen) atoms. The number of rotatable bonds is 2. The second-order valence-electron chi connectivity index (χ2n) is 4.97. The molecule has 0 radical (unpaired) electrons. The van der Waals surface area contributed by atoms with Gasteiger partial charge in [-0.15, -0.1) is 0 Å². The van der Waals surface area contributed by atoms with Crippen LogP contribution in [0.2, 0.25) is 0 Å². The number of phenols is 1. The lowest BCUT2D eigenvalue weighted by atomic mass is 9.92. The fourth-order valence-electron chi connectivity index (χ4n) is 2.77. The van der Waals surface area contributed by atoms with E-state index in [4.69, 9.17) is 0 Å². The minimum Gasteiger partial charge on any atom is -0.506 e. The number of aromatic hydroxyl groups is 1. The summed E-state index contributed by atoms with van der Waals surface area (Å²) >= 11 is 3.41. The van der Waals surface area contributed by atoms with Crippen molar-refractivity contribution in [1.82, 2.24) is 0 Å². The normalized spacial score (nSPS) is 20.1. The summed E-state index contributed by atoms with van der Waals surface area (Å²) in [5.74, 6) is -0.691. The van der Waals surface area contributed by atoms with E-state index >= 15 is 0 Å². The van der Waals surface area contributed by atoms with Crippen LogP contribution in [0.15, 0.2) is 10.5 Å². The molecule has 1 aromatic rings. The van der Waals surface area contributed by atoms with Crippen LogP contribution in [0.5, 0.6) is 5.75 Å².